The second-order valence-corrected chi connectivity index (χ2v) is 5.07. The topological polar surface area (TPSA) is 24.1 Å². The molecule has 2 fully saturated rings. The molecule has 0 bridgehead atoms. The molecule has 1 aliphatic heterocycles. The Morgan fingerprint density at radius 1 is 1.42 bits per heavy atom. The predicted molar refractivity (Wildman–Crippen MR) is 51.2 cm³/mol. The zero-order valence-corrected chi connectivity index (χ0v) is 8.19. The minimum absolute atomic E-state index is 0.554. The highest BCUT2D eigenvalue weighted by Crippen LogP contribution is 2.28. The van der Waals surface area contributed by atoms with Crippen molar-refractivity contribution in [1.82, 2.24) is 10.6 Å². The van der Waals surface area contributed by atoms with Gasteiger partial charge in [-0.25, -0.2) is 0 Å². The molecule has 1 heterocycles. The van der Waals surface area contributed by atoms with E-state index in [2.05, 4.69) is 24.5 Å². The average Bonchev–Trinajstić information content (AvgIpc) is 1.92. The Hall–Kier alpha value is -0.0800. The van der Waals surface area contributed by atoms with E-state index in [1.54, 1.807) is 0 Å². The molecule has 0 spiro atoms. The van der Waals surface area contributed by atoms with E-state index < -0.39 is 0 Å². The van der Waals surface area contributed by atoms with Crippen molar-refractivity contribution in [2.45, 2.75) is 32.7 Å². The van der Waals surface area contributed by atoms with E-state index in [-0.39, 0.29) is 0 Å². The predicted octanol–water partition coefficient (Wildman–Crippen LogP) is 0.984. The molecule has 2 aliphatic rings. The van der Waals surface area contributed by atoms with E-state index in [1.807, 2.05) is 0 Å². The molecule has 0 aromatic rings. The first-order valence-electron chi connectivity index (χ1n) is 5.12. The first-order chi connectivity index (χ1) is 5.68. The van der Waals surface area contributed by atoms with Gasteiger partial charge < -0.3 is 10.6 Å². The molecule has 0 radical (unpaired) electrons. The Morgan fingerprint density at radius 3 is 2.50 bits per heavy atom. The molecular formula is C10H20N2. The minimum Gasteiger partial charge on any atom is -0.315 e. The van der Waals surface area contributed by atoms with Gasteiger partial charge in [0.2, 0.25) is 0 Å². The number of hydrogen-bond acceptors (Lipinski definition) is 2. The molecule has 1 saturated carbocycles. The van der Waals surface area contributed by atoms with Gasteiger partial charge in [-0.05, 0) is 18.8 Å². The highest BCUT2D eigenvalue weighted by molar-refractivity contribution is 4.92. The molecular weight excluding hydrogens is 148 g/mol. The molecule has 70 valence electrons. The van der Waals surface area contributed by atoms with Crippen LogP contribution in [0.4, 0.5) is 0 Å². The highest BCUT2D eigenvalue weighted by Gasteiger charge is 2.33. The van der Waals surface area contributed by atoms with Gasteiger partial charge in [0.15, 0.2) is 0 Å². The van der Waals surface area contributed by atoms with Crippen LogP contribution in [0, 0.1) is 11.3 Å². The summed E-state index contributed by atoms with van der Waals surface area (Å²) in [5.74, 6) is 0.967. The monoisotopic (exact) mass is 168 g/mol. The van der Waals surface area contributed by atoms with Crippen LogP contribution >= 0.6 is 0 Å². The van der Waals surface area contributed by atoms with Crippen molar-refractivity contribution in [1.29, 1.82) is 0 Å². The summed E-state index contributed by atoms with van der Waals surface area (Å²) in [7, 11) is 0. The maximum Gasteiger partial charge on any atom is 0.00724 e. The van der Waals surface area contributed by atoms with Crippen LogP contribution < -0.4 is 10.6 Å². The molecule has 2 rings (SSSR count). The summed E-state index contributed by atoms with van der Waals surface area (Å²) in [6.45, 7) is 8.30. The van der Waals surface area contributed by atoms with Crippen LogP contribution in [0.2, 0.25) is 0 Å². The molecule has 2 nitrogen and oxygen atoms in total. The van der Waals surface area contributed by atoms with Crippen LogP contribution in [0.5, 0.6) is 0 Å². The Kier molecular flexibility index (Phi) is 2.13. The van der Waals surface area contributed by atoms with E-state index in [1.165, 1.54) is 32.5 Å². The molecule has 0 amide bonds. The van der Waals surface area contributed by atoms with Crippen molar-refractivity contribution in [3.63, 3.8) is 0 Å². The third-order valence-corrected chi connectivity index (χ3v) is 3.29. The molecule has 12 heavy (non-hydrogen) atoms. The van der Waals surface area contributed by atoms with E-state index in [9.17, 15) is 0 Å². The molecule has 2 heteroatoms. The molecule has 0 atom stereocenters. The zero-order chi connectivity index (χ0) is 8.60. The van der Waals surface area contributed by atoms with E-state index >= 15 is 0 Å². The Bertz CT molecular complexity index is 157. The summed E-state index contributed by atoms with van der Waals surface area (Å²) >= 11 is 0. The lowest BCUT2D eigenvalue weighted by Crippen LogP contribution is -2.58. The van der Waals surface area contributed by atoms with Crippen LogP contribution in [0.15, 0.2) is 0 Å². The Labute approximate surface area is 75.1 Å². The lowest BCUT2D eigenvalue weighted by Gasteiger charge is -2.43. The summed E-state index contributed by atoms with van der Waals surface area (Å²) in [5, 5.41) is 6.98. The fraction of sp³-hybridized carbons (Fsp3) is 1.00. The normalized spacial score (nSPS) is 38.5. The van der Waals surface area contributed by atoms with E-state index in [0.29, 0.717) is 5.41 Å². The second-order valence-electron chi connectivity index (χ2n) is 5.07. The molecule has 2 N–H and O–H groups in total. The quantitative estimate of drug-likeness (QED) is 0.656. The van der Waals surface area contributed by atoms with Crippen LogP contribution in [-0.4, -0.2) is 25.7 Å². The van der Waals surface area contributed by atoms with Crippen LogP contribution in [0.3, 0.4) is 0 Å². The summed E-state index contributed by atoms with van der Waals surface area (Å²) < 4.78 is 0. The fourth-order valence-electron chi connectivity index (χ4n) is 2.14. The van der Waals surface area contributed by atoms with Gasteiger partial charge >= 0.3 is 0 Å². The van der Waals surface area contributed by atoms with Gasteiger partial charge in [-0.2, -0.15) is 0 Å². The summed E-state index contributed by atoms with van der Waals surface area (Å²) in [5.41, 5.74) is 0.554. The van der Waals surface area contributed by atoms with Gasteiger partial charge in [-0.3, -0.25) is 0 Å². The summed E-state index contributed by atoms with van der Waals surface area (Å²) in [6, 6.07) is 0.831. The third kappa shape index (κ3) is 1.64. The number of hydrogen-bond donors (Lipinski definition) is 2. The van der Waals surface area contributed by atoms with Gasteiger partial charge in [0.1, 0.15) is 0 Å². The maximum atomic E-state index is 3.65. The lowest BCUT2D eigenvalue weighted by molar-refractivity contribution is 0.154. The third-order valence-electron chi connectivity index (χ3n) is 3.29. The molecule has 0 aromatic carbocycles. The van der Waals surface area contributed by atoms with Gasteiger partial charge in [0, 0.05) is 31.1 Å². The second kappa shape index (κ2) is 3.00. The average molecular weight is 168 g/mol. The Balaban J connectivity index is 1.62. The van der Waals surface area contributed by atoms with Crippen molar-refractivity contribution < 1.29 is 0 Å². The van der Waals surface area contributed by atoms with Crippen molar-refractivity contribution in [2.24, 2.45) is 11.3 Å². The summed E-state index contributed by atoms with van der Waals surface area (Å²) in [4.78, 5) is 0. The first-order valence-corrected chi connectivity index (χ1v) is 5.12. The SMILES string of the molecule is CC1CC(NCC2(C)CNC2)C1. The summed E-state index contributed by atoms with van der Waals surface area (Å²) in [6.07, 6.45) is 2.78. The molecule has 0 unspecified atom stereocenters. The van der Waals surface area contributed by atoms with Crippen LogP contribution in [0.1, 0.15) is 26.7 Å². The van der Waals surface area contributed by atoms with Gasteiger partial charge in [-0.15, -0.1) is 0 Å². The molecule has 1 saturated heterocycles. The van der Waals surface area contributed by atoms with Crippen molar-refractivity contribution >= 4 is 0 Å². The Morgan fingerprint density at radius 2 is 2.08 bits per heavy atom. The maximum absolute atomic E-state index is 3.65. The molecule has 1 aliphatic carbocycles. The van der Waals surface area contributed by atoms with Gasteiger partial charge in [-0.1, -0.05) is 13.8 Å². The van der Waals surface area contributed by atoms with E-state index in [4.69, 9.17) is 0 Å². The van der Waals surface area contributed by atoms with Gasteiger partial charge in [0.25, 0.3) is 0 Å². The number of rotatable bonds is 3. The van der Waals surface area contributed by atoms with Crippen molar-refractivity contribution in [2.75, 3.05) is 19.6 Å². The first kappa shape index (κ1) is 8.52. The zero-order valence-electron chi connectivity index (χ0n) is 8.19. The van der Waals surface area contributed by atoms with E-state index in [0.717, 1.165) is 12.0 Å². The van der Waals surface area contributed by atoms with Crippen LogP contribution in [-0.2, 0) is 0 Å². The van der Waals surface area contributed by atoms with Crippen molar-refractivity contribution in [3.05, 3.63) is 0 Å². The minimum atomic E-state index is 0.554. The van der Waals surface area contributed by atoms with Gasteiger partial charge in [0.05, 0.1) is 0 Å². The number of nitrogens with one attached hydrogen (secondary N) is 2. The standard InChI is InChI=1S/C10H20N2/c1-8-3-9(4-8)12-7-10(2)5-11-6-10/h8-9,11-12H,3-7H2,1-2H3. The molecule has 0 aromatic heterocycles. The van der Waals surface area contributed by atoms with Crippen LogP contribution in [0.25, 0.3) is 0 Å². The highest BCUT2D eigenvalue weighted by atomic mass is 15.0. The smallest absolute Gasteiger partial charge is 0.00724 e. The fourth-order valence-corrected chi connectivity index (χ4v) is 2.14. The van der Waals surface area contributed by atoms with Crippen molar-refractivity contribution in [3.8, 4) is 0 Å². The lowest BCUT2D eigenvalue weighted by atomic mass is 9.79. The largest absolute Gasteiger partial charge is 0.315 e.